The molecule has 0 radical (unpaired) electrons. The lowest BCUT2D eigenvalue weighted by Gasteiger charge is -2.46. The number of unbranched alkanes of at least 4 members (excludes halogenated alkanes) is 1. The minimum absolute atomic E-state index is 0.0170. The van der Waals surface area contributed by atoms with Gasteiger partial charge in [-0.3, -0.25) is 0 Å². The molecule has 0 bridgehead atoms. The Hall–Kier alpha value is -3.59. The van der Waals surface area contributed by atoms with Crippen molar-refractivity contribution in [3.05, 3.63) is 107 Å². The first-order chi connectivity index (χ1) is 23.5. The molecule has 3 nitrogen and oxygen atoms in total. The van der Waals surface area contributed by atoms with Crippen molar-refractivity contribution in [2.75, 3.05) is 0 Å². The first-order valence-corrected chi connectivity index (χ1v) is 19.4. The van der Waals surface area contributed by atoms with Crippen molar-refractivity contribution < 1.29 is 9.13 Å². The highest BCUT2D eigenvalue weighted by atomic mass is 15.1. The molecule has 0 saturated heterocycles. The van der Waals surface area contributed by atoms with Gasteiger partial charge in [-0.15, -0.1) is 0 Å². The van der Waals surface area contributed by atoms with Gasteiger partial charge in [0.15, 0.2) is 17.9 Å². The zero-order chi connectivity index (χ0) is 36.3. The topological polar surface area (TPSA) is 20.6 Å². The van der Waals surface area contributed by atoms with Crippen LogP contribution in [0.2, 0.25) is 0 Å². The van der Waals surface area contributed by atoms with Crippen molar-refractivity contribution in [1.29, 1.82) is 0 Å². The number of allylic oxidation sites excluding steroid dienone is 1. The van der Waals surface area contributed by atoms with Gasteiger partial charge in [0.1, 0.15) is 12.7 Å². The normalized spacial score (nSPS) is 22.2. The van der Waals surface area contributed by atoms with Crippen LogP contribution in [0.15, 0.2) is 73.2 Å². The Morgan fingerprint density at radius 1 is 0.780 bits per heavy atom. The highest BCUT2D eigenvalue weighted by Gasteiger charge is 2.58. The Balaban J connectivity index is 1.64. The van der Waals surface area contributed by atoms with Crippen LogP contribution < -0.4 is 9.13 Å². The Kier molecular flexibility index (Phi) is 9.32. The van der Waals surface area contributed by atoms with Crippen molar-refractivity contribution in [3.8, 4) is 22.5 Å². The molecule has 2 aromatic carbocycles. The number of aryl methyl sites for hydroxylation is 2. The summed E-state index contributed by atoms with van der Waals surface area (Å²) < 4.78 is 4.98. The average molecular weight is 670 g/mol. The van der Waals surface area contributed by atoms with Gasteiger partial charge in [0.25, 0.3) is 0 Å². The van der Waals surface area contributed by atoms with E-state index in [1.807, 2.05) is 0 Å². The lowest BCUT2D eigenvalue weighted by Crippen LogP contribution is -2.68. The number of aromatic nitrogens is 3. The molecule has 0 N–H and O–H groups in total. The van der Waals surface area contributed by atoms with E-state index in [1.54, 1.807) is 0 Å². The minimum atomic E-state index is -0.258. The lowest BCUT2D eigenvalue weighted by molar-refractivity contribution is -0.756. The van der Waals surface area contributed by atoms with Crippen LogP contribution in [0.5, 0.6) is 0 Å². The third kappa shape index (κ3) is 5.87. The molecule has 3 heterocycles. The Morgan fingerprint density at radius 2 is 1.46 bits per heavy atom. The summed E-state index contributed by atoms with van der Waals surface area (Å²) in [6, 6.07) is 19.0. The van der Waals surface area contributed by atoms with E-state index >= 15 is 0 Å². The molecular weight excluding hydrogens is 607 g/mol. The summed E-state index contributed by atoms with van der Waals surface area (Å²) in [6.07, 6.45) is 19.9. The van der Waals surface area contributed by atoms with Crippen LogP contribution in [0.4, 0.5) is 0 Å². The van der Waals surface area contributed by atoms with Crippen molar-refractivity contribution in [1.82, 2.24) is 4.98 Å². The quantitative estimate of drug-likeness (QED) is 0.171. The molecule has 1 aliphatic heterocycles. The molecule has 264 valence electrons. The molecule has 0 saturated carbocycles. The number of nitrogens with zero attached hydrogens (tertiary/aromatic N) is 3. The fourth-order valence-electron chi connectivity index (χ4n) is 9.12. The van der Waals surface area contributed by atoms with Crippen LogP contribution >= 0.6 is 0 Å². The summed E-state index contributed by atoms with van der Waals surface area (Å²) >= 11 is 0. The van der Waals surface area contributed by atoms with Gasteiger partial charge in [-0.1, -0.05) is 106 Å². The Labute approximate surface area is 303 Å². The molecule has 0 spiro atoms. The number of fused-ring (bicyclic) bond motifs is 4. The van der Waals surface area contributed by atoms with Gasteiger partial charge < -0.3 is 0 Å². The van der Waals surface area contributed by atoms with Gasteiger partial charge in [-0.25, -0.2) is 4.98 Å². The SMILES string of the molecule is CCCCc1ccc2[n+](c1)C(C=Cc1cc3c(cc1-c1cnc(C(C)(C)C)c[n+]1C)C(C)(C)CCC3(C)C)(CC)C(C)(CC)c1ccccc1-2. The van der Waals surface area contributed by atoms with Gasteiger partial charge in [0.2, 0.25) is 11.4 Å². The van der Waals surface area contributed by atoms with E-state index in [0.29, 0.717) is 0 Å². The number of rotatable bonds is 8. The summed E-state index contributed by atoms with van der Waals surface area (Å²) in [4.78, 5) is 5.06. The molecular formula is C47H63N3+2. The molecule has 3 heteroatoms. The monoisotopic (exact) mass is 670 g/mol. The third-order valence-corrected chi connectivity index (χ3v) is 12.9. The summed E-state index contributed by atoms with van der Waals surface area (Å²) in [5, 5.41) is 0. The van der Waals surface area contributed by atoms with Crippen LogP contribution in [0.1, 0.15) is 148 Å². The maximum Gasteiger partial charge on any atom is 0.231 e. The fraction of sp³-hybridized carbons (Fsp3) is 0.511. The largest absolute Gasteiger partial charge is 0.248 e. The zero-order valence-corrected chi connectivity index (χ0v) is 33.3. The first kappa shape index (κ1) is 36.2. The van der Waals surface area contributed by atoms with E-state index in [0.717, 1.165) is 30.7 Å². The highest BCUT2D eigenvalue weighted by molar-refractivity contribution is 5.75. The second-order valence-electron chi connectivity index (χ2n) is 18.0. The summed E-state index contributed by atoms with van der Waals surface area (Å²) in [6.45, 7) is 26.1. The highest BCUT2D eigenvalue weighted by Crippen LogP contribution is 2.52. The van der Waals surface area contributed by atoms with Crippen molar-refractivity contribution in [2.24, 2.45) is 7.05 Å². The van der Waals surface area contributed by atoms with E-state index in [2.05, 4.69) is 172 Å². The predicted molar refractivity (Wildman–Crippen MR) is 210 cm³/mol. The van der Waals surface area contributed by atoms with E-state index in [9.17, 15) is 0 Å². The maximum atomic E-state index is 5.06. The standard InChI is InChI=1S/C47H63N3/c1-13-16-19-33-22-23-40-35-20-17-18-21-37(35)46(11,14-2)47(15-3,50(40)31-33)25-24-34-28-38-39(45(9,10)27-26-44(38,7)8)29-36(34)41-30-48-42(32-49(41)12)43(4,5)6/h17-18,20-25,28-32H,13-16,19,26-27H2,1-12H3/q+2. The van der Waals surface area contributed by atoms with E-state index in [4.69, 9.17) is 4.98 Å². The molecule has 6 rings (SSSR count). The van der Waals surface area contributed by atoms with Gasteiger partial charge in [0, 0.05) is 23.5 Å². The number of hydrogen-bond donors (Lipinski definition) is 0. The molecule has 2 aliphatic rings. The number of hydrogen-bond acceptors (Lipinski definition) is 1. The van der Waals surface area contributed by atoms with E-state index in [1.165, 1.54) is 70.3 Å². The second kappa shape index (κ2) is 12.9. The van der Waals surface area contributed by atoms with Crippen LogP contribution in [0, 0.1) is 0 Å². The molecule has 2 unspecified atom stereocenters. The predicted octanol–water partition coefficient (Wildman–Crippen LogP) is 11.0. The second-order valence-corrected chi connectivity index (χ2v) is 18.0. The molecule has 2 atom stereocenters. The minimum Gasteiger partial charge on any atom is -0.248 e. The molecule has 0 amide bonds. The molecule has 4 aromatic rings. The van der Waals surface area contributed by atoms with Crippen LogP contribution in [0.25, 0.3) is 28.6 Å². The molecule has 2 aromatic heterocycles. The average Bonchev–Trinajstić information content (AvgIpc) is 3.09. The Bertz CT molecular complexity index is 1940. The van der Waals surface area contributed by atoms with Gasteiger partial charge >= 0.3 is 0 Å². The first-order valence-electron chi connectivity index (χ1n) is 19.4. The van der Waals surface area contributed by atoms with Crippen LogP contribution in [-0.2, 0) is 40.7 Å². The Morgan fingerprint density at radius 3 is 2.08 bits per heavy atom. The van der Waals surface area contributed by atoms with E-state index in [-0.39, 0.29) is 27.2 Å². The summed E-state index contributed by atoms with van der Waals surface area (Å²) in [5.41, 5.74) is 13.2. The van der Waals surface area contributed by atoms with Gasteiger partial charge in [-0.05, 0) is 96.4 Å². The molecule has 0 fully saturated rings. The lowest BCUT2D eigenvalue weighted by atomic mass is 9.59. The van der Waals surface area contributed by atoms with Crippen LogP contribution in [0.3, 0.4) is 0 Å². The van der Waals surface area contributed by atoms with Crippen LogP contribution in [-0.4, -0.2) is 4.98 Å². The third-order valence-electron chi connectivity index (χ3n) is 12.9. The van der Waals surface area contributed by atoms with Gasteiger partial charge in [-0.2, -0.15) is 9.13 Å². The maximum absolute atomic E-state index is 5.06. The number of benzene rings is 2. The van der Waals surface area contributed by atoms with Crippen molar-refractivity contribution in [3.63, 3.8) is 0 Å². The zero-order valence-electron chi connectivity index (χ0n) is 33.3. The smallest absolute Gasteiger partial charge is 0.231 e. The molecule has 50 heavy (non-hydrogen) atoms. The van der Waals surface area contributed by atoms with E-state index < -0.39 is 0 Å². The summed E-state index contributed by atoms with van der Waals surface area (Å²) in [5.74, 6) is 0. The fourth-order valence-corrected chi connectivity index (χ4v) is 9.12. The summed E-state index contributed by atoms with van der Waals surface area (Å²) in [7, 11) is 2.19. The van der Waals surface area contributed by atoms with Gasteiger partial charge in [0.05, 0.1) is 22.7 Å². The number of pyridine rings is 1. The molecule has 1 aliphatic carbocycles. The van der Waals surface area contributed by atoms with Crippen molar-refractivity contribution >= 4 is 6.08 Å². The van der Waals surface area contributed by atoms with Crippen molar-refractivity contribution in [2.45, 2.75) is 148 Å².